The summed E-state index contributed by atoms with van der Waals surface area (Å²) in [4.78, 5) is 28.2. The zero-order valence-electron chi connectivity index (χ0n) is 22.2. The van der Waals surface area contributed by atoms with Gasteiger partial charge in [0.1, 0.15) is 5.82 Å². The summed E-state index contributed by atoms with van der Waals surface area (Å²) in [5.74, 6) is -1.27. The van der Waals surface area contributed by atoms with E-state index < -0.39 is 23.5 Å². The zero-order chi connectivity index (χ0) is 28.9. The number of halogens is 1. The number of hydrogen-bond donors (Lipinski definition) is 1. The van der Waals surface area contributed by atoms with Crippen molar-refractivity contribution in [2.75, 3.05) is 18.1 Å². The molecule has 0 spiro atoms. The van der Waals surface area contributed by atoms with Crippen LogP contribution in [0.5, 0.6) is 11.5 Å². The van der Waals surface area contributed by atoms with E-state index in [4.69, 9.17) is 13.9 Å². The minimum Gasteiger partial charge on any atom is -0.503 e. The molecular weight excluding hydrogens is 569 g/mol. The van der Waals surface area contributed by atoms with Crippen molar-refractivity contribution in [2.45, 2.75) is 36.4 Å². The first-order valence-corrected chi connectivity index (χ1v) is 14.7. The Morgan fingerprint density at radius 1 is 1.12 bits per heavy atom. The Morgan fingerprint density at radius 2 is 1.95 bits per heavy atom. The lowest BCUT2D eigenvalue weighted by Crippen LogP contribution is -2.31. The Bertz CT molecular complexity index is 1590. The van der Waals surface area contributed by atoms with E-state index in [9.17, 15) is 19.1 Å². The number of amides is 1. The molecule has 0 aliphatic carbocycles. The summed E-state index contributed by atoms with van der Waals surface area (Å²) < 4.78 is 31.5. The number of furan rings is 1. The van der Waals surface area contributed by atoms with Crippen LogP contribution in [0.3, 0.4) is 0 Å². The Kier molecular flexibility index (Phi) is 8.70. The fourth-order valence-corrected chi connectivity index (χ4v) is 6.15. The summed E-state index contributed by atoms with van der Waals surface area (Å²) in [7, 11) is 0. The maximum absolute atomic E-state index is 14.1. The molecule has 12 heteroatoms. The predicted octanol–water partition coefficient (Wildman–Crippen LogP) is 6.53. The van der Waals surface area contributed by atoms with E-state index in [0.717, 1.165) is 17.8 Å². The summed E-state index contributed by atoms with van der Waals surface area (Å²) >= 11 is 2.36. The summed E-state index contributed by atoms with van der Waals surface area (Å²) in [6.45, 7) is 4.66. The summed E-state index contributed by atoms with van der Waals surface area (Å²) in [6.07, 6.45) is 2.14. The van der Waals surface area contributed by atoms with Crippen molar-refractivity contribution in [3.63, 3.8) is 0 Å². The number of anilines is 1. The third-order valence-corrected chi connectivity index (χ3v) is 8.26. The molecule has 9 nitrogen and oxygen atoms in total. The van der Waals surface area contributed by atoms with Crippen molar-refractivity contribution in [2.24, 2.45) is 0 Å². The fraction of sp³-hybridized carbons (Fsp3) is 0.241. The van der Waals surface area contributed by atoms with Crippen LogP contribution >= 0.6 is 23.1 Å². The lowest BCUT2D eigenvalue weighted by molar-refractivity contribution is -0.117. The first kappa shape index (κ1) is 28.4. The van der Waals surface area contributed by atoms with Gasteiger partial charge in [-0.05, 0) is 54.8 Å². The molecule has 1 atom stereocenters. The van der Waals surface area contributed by atoms with Gasteiger partial charge in [0.2, 0.25) is 10.9 Å². The van der Waals surface area contributed by atoms with E-state index in [1.165, 1.54) is 35.1 Å². The van der Waals surface area contributed by atoms with Crippen molar-refractivity contribution >= 4 is 39.9 Å². The van der Waals surface area contributed by atoms with E-state index in [-0.39, 0.29) is 22.3 Å². The highest BCUT2D eigenvalue weighted by Gasteiger charge is 2.47. The van der Waals surface area contributed by atoms with Crippen LogP contribution in [0.15, 0.2) is 80.9 Å². The van der Waals surface area contributed by atoms with Crippen molar-refractivity contribution in [1.29, 1.82) is 0 Å². The SMILES string of the molecule is CCCOc1ccc(C2C(C(=O)c3ccco3)=C(O)C(=O)N2c2nnc(SCc3ccccc3F)s2)cc1OCC. The number of rotatable bonds is 12. The molecule has 2 aromatic heterocycles. The molecule has 212 valence electrons. The van der Waals surface area contributed by atoms with Gasteiger partial charge < -0.3 is 19.0 Å². The Labute approximate surface area is 243 Å². The van der Waals surface area contributed by atoms with Crippen LogP contribution in [0.25, 0.3) is 0 Å². The molecule has 2 aromatic carbocycles. The molecular formula is C29H26FN3O6S2. The Balaban J connectivity index is 1.53. The zero-order valence-corrected chi connectivity index (χ0v) is 23.8. The smallest absolute Gasteiger partial charge is 0.296 e. The molecule has 1 aliphatic rings. The van der Waals surface area contributed by atoms with E-state index in [1.54, 1.807) is 42.5 Å². The summed E-state index contributed by atoms with van der Waals surface area (Å²) in [6, 6.07) is 13.5. The van der Waals surface area contributed by atoms with Gasteiger partial charge in [0, 0.05) is 5.75 Å². The lowest BCUT2D eigenvalue weighted by atomic mass is 9.95. The largest absolute Gasteiger partial charge is 0.503 e. The molecule has 1 unspecified atom stereocenters. The second-order valence-corrected chi connectivity index (χ2v) is 11.0. The number of ketones is 1. The Hall–Kier alpha value is -4.16. The highest BCUT2D eigenvalue weighted by molar-refractivity contribution is 8.00. The van der Waals surface area contributed by atoms with E-state index >= 15 is 0 Å². The first-order chi connectivity index (χ1) is 19.9. The van der Waals surface area contributed by atoms with Gasteiger partial charge in [0.25, 0.3) is 5.91 Å². The average Bonchev–Trinajstić information content (AvgIpc) is 3.73. The standard InChI is InChI=1S/C29H26FN3O6S2/c1-3-13-38-20-12-11-17(15-22(20)37-4-2)24-23(25(34)21-10-7-14-39-21)26(35)27(36)33(24)28-31-32-29(41-28)40-16-18-8-5-6-9-19(18)30/h5-12,14-15,24,35H,3-4,13,16H2,1-2H3. The number of Topliss-reactive ketones (excluding diaryl/α,β-unsaturated/α-hetero) is 1. The van der Waals surface area contributed by atoms with E-state index in [2.05, 4.69) is 10.2 Å². The minimum atomic E-state index is -1.06. The molecule has 1 amide bonds. The van der Waals surface area contributed by atoms with Crippen molar-refractivity contribution in [3.05, 3.63) is 94.9 Å². The van der Waals surface area contributed by atoms with Crippen LogP contribution < -0.4 is 14.4 Å². The van der Waals surface area contributed by atoms with Crippen molar-refractivity contribution < 1.29 is 33.0 Å². The second kappa shape index (κ2) is 12.6. The average molecular weight is 596 g/mol. The maximum atomic E-state index is 14.1. The van der Waals surface area contributed by atoms with Crippen LogP contribution in [-0.4, -0.2) is 40.2 Å². The molecule has 3 heterocycles. The molecule has 41 heavy (non-hydrogen) atoms. The van der Waals surface area contributed by atoms with Gasteiger partial charge in [-0.25, -0.2) is 4.39 Å². The van der Waals surface area contributed by atoms with Gasteiger partial charge >= 0.3 is 0 Å². The number of carbonyl (C=O) groups excluding carboxylic acids is 2. The van der Waals surface area contributed by atoms with Gasteiger partial charge in [0.05, 0.1) is 31.1 Å². The number of aliphatic hydroxyl groups is 1. The highest BCUT2D eigenvalue weighted by atomic mass is 32.2. The molecule has 1 aliphatic heterocycles. The molecule has 0 fully saturated rings. The minimum absolute atomic E-state index is 0.0301. The van der Waals surface area contributed by atoms with E-state index in [1.807, 2.05) is 13.8 Å². The number of hydrogen-bond acceptors (Lipinski definition) is 10. The van der Waals surface area contributed by atoms with E-state index in [0.29, 0.717) is 45.9 Å². The predicted molar refractivity (Wildman–Crippen MR) is 152 cm³/mol. The van der Waals surface area contributed by atoms with Gasteiger partial charge in [-0.2, -0.15) is 0 Å². The number of carbonyl (C=O) groups is 2. The number of aliphatic hydroxyl groups excluding tert-OH is 1. The van der Waals surface area contributed by atoms with Gasteiger partial charge in [-0.3, -0.25) is 14.5 Å². The molecule has 0 radical (unpaired) electrons. The number of ether oxygens (including phenoxy) is 2. The van der Waals surface area contributed by atoms with Crippen LogP contribution in [-0.2, 0) is 10.5 Å². The molecule has 1 N–H and O–H groups in total. The Morgan fingerprint density at radius 3 is 2.68 bits per heavy atom. The number of benzene rings is 2. The third kappa shape index (κ3) is 5.84. The molecule has 0 bridgehead atoms. The topological polar surface area (TPSA) is 115 Å². The lowest BCUT2D eigenvalue weighted by Gasteiger charge is -2.24. The second-order valence-electron chi connectivity index (χ2n) is 8.86. The number of nitrogens with zero attached hydrogens (tertiary/aromatic N) is 3. The van der Waals surface area contributed by atoms with Gasteiger partial charge in [-0.15, -0.1) is 10.2 Å². The van der Waals surface area contributed by atoms with Gasteiger partial charge in [-0.1, -0.05) is 54.3 Å². The van der Waals surface area contributed by atoms with Gasteiger partial charge in [0.15, 0.2) is 27.4 Å². The fourth-order valence-electron chi connectivity index (χ4n) is 4.30. The molecule has 5 rings (SSSR count). The van der Waals surface area contributed by atoms with Crippen LogP contribution in [0, 0.1) is 5.82 Å². The van der Waals surface area contributed by atoms with Crippen LogP contribution in [0.1, 0.15) is 48.0 Å². The van der Waals surface area contributed by atoms with Crippen molar-refractivity contribution in [3.8, 4) is 11.5 Å². The van der Waals surface area contributed by atoms with Crippen LogP contribution in [0.4, 0.5) is 9.52 Å². The normalized spacial score (nSPS) is 15.0. The molecule has 0 saturated heterocycles. The highest BCUT2D eigenvalue weighted by Crippen LogP contribution is 2.45. The summed E-state index contributed by atoms with van der Waals surface area (Å²) in [5.41, 5.74) is 0.828. The summed E-state index contributed by atoms with van der Waals surface area (Å²) in [5, 5.41) is 19.5. The molecule has 0 saturated carbocycles. The van der Waals surface area contributed by atoms with Crippen LogP contribution in [0.2, 0.25) is 0 Å². The number of aromatic nitrogens is 2. The first-order valence-electron chi connectivity index (χ1n) is 12.9. The maximum Gasteiger partial charge on any atom is 0.296 e. The monoisotopic (exact) mass is 595 g/mol. The number of thioether (sulfide) groups is 1. The third-order valence-electron chi connectivity index (χ3n) is 6.15. The van der Waals surface area contributed by atoms with Crippen molar-refractivity contribution in [1.82, 2.24) is 10.2 Å². The quantitative estimate of drug-likeness (QED) is 0.111. The molecule has 4 aromatic rings.